The Morgan fingerprint density at radius 2 is 2.45 bits per heavy atom. The van der Waals surface area contributed by atoms with Gasteiger partial charge in [0.25, 0.3) is 0 Å². The molecule has 0 saturated carbocycles. The molecule has 0 atom stereocenters. The fraction of sp³-hybridized carbons (Fsp3) is 0.125. The fourth-order valence-corrected chi connectivity index (χ4v) is 0.842. The Morgan fingerprint density at radius 1 is 1.73 bits per heavy atom. The predicted octanol–water partition coefficient (Wildman–Crippen LogP) is 2.60. The SMILES string of the molecule is C=CCc1cnc(Cl)c(F)c1. The van der Waals surface area contributed by atoms with Gasteiger partial charge in [-0.15, -0.1) is 6.58 Å². The van der Waals surface area contributed by atoms with Crippen molar-refractivity contribution in [2.24, 2.45) is 0 Å². The first-order chi connectivity index (χ1) is 5.24. The van der Waals surface area contributed by atoms with Gasteiger partial charge in [0.2, 0.25) is 0 Å². The monoisotopic (exact) mass is 171 g/mol. The van der Waals surface area contributed by atoms with Crippen LogP contribution in [0.5, 0.6) is 0 Å². The van der Waals surface area contributed by atoms with Crippen LogP contribution in [0.25, 0.3) is 0 Å². The average molecular weight is 172 g/mol. The van der Waals surface area contributed by atoms with E-state index < -0.39 is 5.82 Å². The minimum atomic E-state index is -0.481. The molecule has 0 aliphatic heterocycles. The summed E-state index contributed by atoms with van der Waals surface area (Å²) in [6, 6.07) is 1.36. The Balaban J connectivity index is 2.95. The van der Waals surface area contributed by atoms with Gasteiger partial charge in [-0.25, -0.2) is 9.37 Å². The summed E-state index contributed by atoms with van der Waals surface area (Å²) < 4.78 is 12.7. The highest BCUT2D eigenvalue weighted by molar-refractivity contribution is 6.29. The summed E-state index contributed by atoms with van der Waals surface area (Å²) in [7, 11) is 0. The van der Waals surface area contributed by atoms with Crippen LogP contribution in [0.2, 0.25) is 5.15 Å². The first-order valence-electron chi connectivity index (χ1n) is 3.15. The Hall–Kier alpha value is -0.890. The van der Waals surface area contributed by atoms with E-state index in [0.29, 0.717) is 6.42 Å². The molecule has 0 amide bonds. The lowest BCUT2D eigenvalue weighted by Crippen LogP contribution is -1.87. The lowest BCUT2D eigenvalue weighted by molar-refractivity contribution is 0.620. The lowest BCUT2D eigenvalue weighted by Gasteiger charge is -1.96. The minimum Gasteiger partial charge on any atom is -0.241 e. The van der Waals surface area contributed by atoms with E-state index in [4.69, 9.17) is 11.6 Å². The van der Waals surface area contributed by atoms with Crippen LogP contribution in [0.4, 0.5) is 4.39 Å². The van der Waals surface area contributed by atoms with Crippen molar-refractivity contribution in [3.63, 3.8) is 0 Å². The molecular formula is C8H7ClFN. The second-order valence-corrected chi connectivity index (χ2v) is 2.47. The van der Waals surface area contributed by atoms with E-state index in [1.54, 1.807) is 6.08 Å². The van der Waals surface area contributed by atoms with Crippen molar-refractivity contribution in [1.82, 2.24) is 4.98 Å². The van der Waals surface area contributed by atoms with Gasteiger partial charge >= 0.3 is 0 Å². The van der Waals surface area contributed by atoms with Crippen molar-refractivity contribution in [2.45, 2.75) is 6.42 Å². The van der Waals surface area contributed by atoms with E-state index in [-0.39, 0.29) is 5.15 Å². The lowest BCUT2D eigenvalue weighted by atomic mass is 10.2. The van der Waals surface area contributed by atoms with Crippen molar-refractivity contribution in [3.05, 3.63) is 41.5 Å². The maximum absolute atomic E-state index is 12.7. The molecule has 1 heterocycles. The van der Waals surface area contributed by atoms with Crippen LogP contribution in [0.3, 0.4) is 0 Å². The van der Waals surface area contributed by atoms with Crippen LogP contribution in [-0.2, 0) is 6.42 Å². The van der Waals surface area contributed by atoms with E-state index in [9.17, 15) is 4.39 Å². The molecule has 1 aromatic heterocycles. The maximum atomic E-state index is 12.7. The van der Waals surface area contributed by atoms with Crippen LogP contribution in [0, 0.1) is 5.82 Å². The minimum absolute atomic E-state index is 0.0854. The molecule has 1 nitrogen and oxygen atoms in total. The first kappa shape index (κ1) is 8.21. The van der Waals surface area contributed by atoms with Crippen molar-refractivity contribution < 1.29 is 4.39 Å². The molecule has 0 spiro atoms. The van der Waals surface area contributed by atoms with E-state index in [0.717, 1.165) is 5.56 Å². The van der Waals surface area contributed by atoms with E-state index >= 15 is 0 Å². The highest BCUT2D eigenvalue weighted by Crippen LogP contribution is 2.12. The molecule has 0 aliphatic carbocycles. The number of rotatable bonds is 2. The molecule has 0 aromatic carbocycles. The topological polar surface area (TPSA) is 12.9 Å². The van der Waals surface area contributed by atoms with Gasteiger partial charge in [0.05, 0.1) is 0 Å². The third kappa shape index (κ3) is 2.02. The van der Waals surface area contributed by atoms with Gasteiger partial charge in [0, 0.05) is 6.20 Å². The van der Waals surface area contributed by atoms with Crippen LogP contribution in [0.1, 0.15) is 5.56 Å². The number of halogens is 2. The molecule has 1 aromatic rings. The quantitative estimate of drug-likeness (QED) is 0.493. The number of aromatic nitrogens is 1. The summed E-state index contributed by atoms with van der Waals surface area (Å²) >= 11 is 5.37. The largest absolute Gasteiger partial charge is 0.241 e. The van der Waals surface area contributed by atoms with E-state index in [1.165, 1.54) is 12.3 Å². The number of hydrogen-bond acceptors (Lipinski definition) is 1. The fourth-order valence-electron chi connectivity index (χ4n) is 0.739. The van der Waals surface area contributed by atoms with Gasteiger partial charge in [-0.3, -0.25) is 0 Å². The standard InChI is InChI=1S/C8H7ClFN/c1-2-3-6-4-7(10)8(9)11-5-6/h2,4-5H,1,3H2. The molecule has 0 bridgehead atoms. The van der Waals surface area contributed by atoms with Crippen LogP contribution < -0.4 is 0 Å². The van der Waals surface area contributed by atoms with Crippen molar-refractivity contribution in [2.75, 3.05) is 0 Å². The summed E-state index contributed by atoms with van der Waals surface area (Å²) in [5.74, 6) is -0.481. The number of allylic oxidation sites excluding steroid dienone is 1. The molecule has 3 heteroatoms. The van der Waals surface area contributed by atoms with Crippen LogP contribution in [0.15, 0.2) is 24.9 Å². The average Bonchev–Trinajstić information content (AvgIpc) is 1.98. The molecule has 0 unspecified atom stereocenters. The number of hydrogen-bond donors (Lipinski definition) is 0. The maximum Gasteiger partial charge on any atom is 0.164 e. The van der Waals surface area contributed by atoms with E-state index in [1.807, 2.05) is 0 Å². The van der Waals surface area contributed by atoms with Gasteiger partial charge in [-0.2, -0.15) is 0 Å². The highest BCUT2D eigenvalue weighted by atomic mass is 35.5. The summed E-state index contributed by atoms with van der Waals surface area (Å²) in [6.45, 7) is 3.52. The van der Waals surface area contributed by atoms with Crippen molar-refractivity contribution in [3.8, 4) is 0 Å². The summed E-state index contributed by atoms with van der Waals surface area (Å²) in [4.78, 5) is 3.64. The second kappa shape index (κ2) is 3.49. The second-order valence-electron chi connectivity index (χ2n) is 2.11. The molecule has 11 heavy (non-hydrogen) atoms. The van der Waals surface area contributed by atoms with Gasteiger partial charge in [0.15, 0.2) is 11.0 Å². The summed E-state index contributed by atoms with van der Waals surface area (Å²) in [5.41, 5.74) is 0.780. The Kier molecular flexibility index (Phi) is 2.60. The number of pyridine rings is 1. The molecular weight excluding hydrogens is 165 g/mol. The van der Waals surface area contributed by atoms with Crippen LogP contribution in [-0.4, -0.2) is 4.98 Å². The zero-order valence-corrected chi connectivity index (χ0v) is 6.61. The Bertz CT molecular complexity index is 273. The molecule has 1 rings (SSSR count). The normalized spacial score (nSPS) is 9.64. The molecule has 0 radical (unpaired) electrons. The van der Waals surface area contributed by atoms with Crippen LogP contribution >= 0.6 is 11.6 Å². The first-order valence-corrected chi connectivity index (χ1v) is 3.52. The van der Waals surface area contributed by atoms with Gasteiger partial charge in [-0.1, -0.05) is 17.7 Å². The number of nitrogens with zero attached hydrogens (tertiary/aromatic N) is 1. The molecule has 0 fully saturated rings. The zero-order valence-electron chi connectivity index (χ0n) is 5.85. The van der Waals surface area contributed by atoms with Crippen molar-refractivity contribution in [1.29, 1.82) is 0 Å². The molecule has 58 valence electrons. The molecule has 0 N–H and O–H groups in total. The third-order valence-corrected chi connectivity index (χ3v) is 1.51. The van der Waals surface area contributed by atoms with Gasteiger partial charge in [-0.05, 0) is 18.1 Å². The highest BCUT2D eigenvalue weighted by Gasteiger charge is 2.00. The predicted molar refractivity (Wildman–Crippen MR) is 43.1 cm³/mol. The van der Waals surface area contributed by atoms with Crippen molar-refractivity contribution >= 4 is 11.6 Å². The summed E-state index contributed by atoms with van der Waals surface area (Å²) in [5, 5.41) is -0.0854. The van der Waals surface area contributed by atoms with Gasteiger partial charge in [0.1, 0.15) is 0 Å². The van der Waals surface area contributed by atoms with E-state index in [2.05, 4.69) is 11.6 Å². The third-order valence-electron chi connectivity index (χ3n) is 1.23. The Morgan fingerprint density at radius 3 is 3.00 bits per heavy atom. The summed E-state index contributed by atoms with van der Waals surface area (Å²) in [6.07, 6.45) is 3.83. The smallest absolute Gasteiger partial charge is 0.164 e. The van der Waals surface area contributed by atoms with Gasteiger partial charge < -0.3 is 0 Å². The zero-order chi connectivity index (χ0) is 8.27. The molecule has 0 saturated heterocycles. The Labute approximate surface area is 69.5 Å². The molecule has 0 aliphatic rings.